The van der Waals surface area contributed by atoms with Gasteiger partial charge < -0.3 is 10.2 Å². The molecular weight excluding hydrogens is 364 g/mol. The predicted octanol–water partition coefficient (Wildman–Crippen LogP) is 3.01. The van der Waals surface area contributed by atoms with Gasteiger partial charge in [0, 0.05) is 21.8 Å². The van der Waals surface area contributed by atoms with Crippen LogP contribution in [0.5, 0.6) is 0 Å². The molecule has 0 saturated heterocycles. The molecule has 0 amide bonds. The highest BCUT2D eigenvalue weighted by molar-refractivity contribution is 6.32. The number of Topliss-reactive ketones (excluding diaryl/α,β-unsaturated/α-hetero) is 1. The quantitative estimate of drug-likeness (QED) is 0.760. The number of hydrogen-bond acceptors (Lipinski definition) is 4. The fraction of sp³-hybridized carbons (Fsp3) is 0.727. The van der Waals surface area contributed by atoms with E-state index in [0.717, 1.165) is 31.3 Å². The van der Waals surface area contributed by atoms with Crippen LogP contribution in [-0.4, -0.2) is 34.0 Å². The third-order valence-corrected chi connectivity index (χ3v) is 9.52. The zero-order valence-electron chi connectivity index (χ0n) is 15.9. The predicted molar refractivity (Wildman–Crippen MR) is 101 cm³/mol. The maximum Gasteiger partial charge on any atom is 0.161 e. The van der Waals surface area contributed by atoms with Crippen LogP contribution in [0.3, 0.4) is 0 Å². The molecule has 0 aliphatic heterocycles. The monoisotopic (exact) mass is 390 g/mol. The molecule has 27 heavy (non-hydrogen) atoms. The lowest BCUT2D eigenvalue weighted by molar-refractivity contribution is -0.158. The van der Waals surface area contributed by atoms with E-state index in [1.807, 2.05) is 0 Å². The van der Waals surface area contributed by atoms with Crippen molar-refractivity contribution in [3.63, 3.8) is 0 Å². The van der Waals surface area contributed by atoms with E-state index in [2.05, 4.69) is 13.0 Å². The molecule has 3 fully saturated rings. The van der Waals surface area contributed by atoms with Gasteiger partial charge in [-0.25, -0.2) is 0 Å². The first kappa shape index (κ1) is 18.1. The van der Waals surface area contributed by atoms with Crippen LogP contribution in [0.2, 0.25) is 0 Å². The third kappa shape index (κ3) is 1.93. The van der Waals surface area contributed by atoms with Crippen LogP contribution in [0.1, 0.15) is 46.0 Å². The molecule has 4 nitrogen and oxygen atoms in total. The van der Waals surface area contributed by atoms with Crippen LogP contribution < -0.4 is 0 Å². The second-order valence-corrected chi connectivity index (χ2v) is 10.2. The Morgan fingerprint density at radius 2 is 1.96 bits per heavy atom. The maximum absolute atomic E-state index is 12.3. The minimum absolute atomic E-state index is 0.0128. The summed E-state index contributed by atoms with van der Waals surface area (Å²) in [6, 6.07) is 0. The first-order chi connectivity index (χ1) is 12.7. The fourth-order valence-corrected chi connectivity index (χ4v) is 8.01. The van der Waals surface area contributed by atoms with Crippen LogP contribution in [0.25, 0.3) is 0 Å². The van der Waals surface area contributed by atoms with Crippen molar-refractivity contribution in [2.75, 3.05) is 6.61 Å². The van der Waals surface area contributed by atoms with Gasteiger partial charge in [-0.3, -0.25) is 9.59 Å². The van der Waals surface area contributed by atoms with Gasteiger partial charge in [0.2, 0.25) is 0 Å². The molecule has 5 aliphatic carbocycles. The van der Waals surface area contributed by atoms with E-state index in [1.54, 1.807) is 6.08 Å². The molecule has 0 aromatic heterocycles. The summed E-state index contributed by atoms with van der Waals surface area (Å²) < 4.78 is 0. The number of hydrogen-bond donors (Lipinski definition) is 2. The van der Waals surface area contributed by atoms with Gasteiger partial charge in [0.05, 0.1) is 6.61 Å². The Balaban J connectivity index is 1.63. The number of aliphatic hydroxyl groups excluding tert-OH is 1. The van der Waals surface area contributed by atoms with Gasteiger partial charge in [-0.1, -0.05) is 24.6 Å². The van der Waals surface area contributed by atoms with Gasteiger partial charge >= 0.3 is 0 Å². The molecule has 5 aliphatic rings. The van der Waals surface area contributed by atoms with Crippen molar-refractivity contribution in [2.24, 2.45) is 40.4 Å². The van der Waals surface area contributed by atoms with Crippen LogP contribution in [0.4, 0.5) is 0 Å². The lowest BCUT2D eigenvalue weighted by atomic mass is 9.47. The molecule has 0 aromatic carbocycles. The van der Waals surface area contributed by atoms with Crippen molar-refractivity contribution in [1.82, 2.24) is 0 Å². The Kier molecular flexibility index (Phi) is 3.58. The summed E-state index contributed by atoms with van der Waals surface area (Å²) in [4.78, 5) is 24.6. The van der Waals surface area contributed by atoms with Gasteiger partial charge in [0.15, 0.2) is 11.6 Å². The third-order valence-electron chi connectivity index (χ3n) is 9.19. The number of halogens is 1. The standard InChI is InChI=1S/C22H27ClO4/c1-11(25)22(27)6-4-14-12-8-18(23)17-9-19(26)13-7-16(13)21(17,10-24)15(12)3-5-20(14,22)2/h8-9,12-16,24,27H,3-7,10H2,1-2H3/t12-,13+,14-,15-,16-,20-,21-,22-/m0/s1. The van der Waals surface area contributed by atoms with Crippen molar-refractivity contribution < 1.29 is 19.8 Å². The molecule has 5 heteroatoms. The van der Waals surface area contributed by atoms with Gasteiger partial charge in [0.25, 0.3) is 0 Å². The Hall–Kier alpha value is -0.970. The van der Waals surface area contributed by atoms with Gasteiger partial charge in [0.1, 0.15) is 5.60 Å². The van der Waals surface area contributed by atoms with Gasteiger partial charge in [-0.2, -0.15) is 0 Å². The second-order valence-electron chi connectivity index (χ2n) is 9.82. The Labute approximate surface area is 164 Å². The summed E-state index contributed by atoms with van der Waals surface area (Å²) in [5, 5.41) is 22.4. The summed E-state index contributed by atoms with van der Waals surface area (Å²) >= 11 is 6.70. The van der Waals surface area contributed by atoms with E-state index in [9.17, 15) is 19.8 Å². The maximum atomic E-state index is 12.3. The van der Waals surface area contributed by atoms with E-state index >= 15 is 0 Å². The number of carbonyl (C=O) groups is 2. The average molecular weight is 391 g/mol. The zero-order chi connectivity index (χ0) is 19.4. The van der Waals surface area contributed by atoms with E-state index in [1.165, 1.54) is 6.92 Å². The van der Waals surface area contributed by atoms with Gasteiger partial charge in [-0.05, 0) is 74.3 Å². The Bertz CT molecular complexity index is 815. The topological polar surface area (TPSA) is 74.6 Å². The van der Waals surface area contributed by atoms with E-state index in [-0.39, 0.29) is 47.8 Å². The number of ketones is 2. The highest BCUT2D eigenvalue weighted by Gasteiger charge is 2.70. The Morgan fingerprint density at radius 1 is 1.26 bits per heavy atom. The lowest BCUT2D eigenvalue weighted by Crippen LogP contribution is -2.58. The number of aliphatic hydroxyl groups is 2. The summed E-state index contributed by atoms with van der Waals surface area (Å²) in [5.74, 6) is 0.739. The minimum atomic E-state index is -1.27. The molecule has 2 N–H and O–H groups in total. The molecule has 5 rings (SSSR count). The normalized spacial score (nSPS) is 52.8. The summed E-state index contributed by atoms with van der Waals surface area (Å²) in [6.07, 6.45) is 7.49. The van der Waals surface area contributed by atoms with Gasteiger partial charge in [-0.15, -0.1) is 0 Å². The second kappa shape index (κ2) is 5.34. The van der Waals surface area contributed by atoms with Crippen molar-refractivity contribution >= 4 is 23.2 Å². The number of fused-ring (bicyclic) bond motifs is 7. The van der Waals surface area contributed by atoms with E-state index in [0.29, 0.717) is 11.5 Å². The summed E-state index contributed by atoms with van der Waals surface area (Å²) in [7, 11) is 0. The first-order valence-corrected chi connectivity index (χ1v) is 10.6. The average Bonchev–Trinajstić information content (AvgIpc) is 3.38. The molecule has 0 bridgehead atoms. The lowest BCUT2D eigenvalue weighted by Gasteiger charge is -2.58. The molecule has 3 saturated carbocycles. The van der Waals surface area contributed by atoms with Crippen molar-refractivity contribution in [1.29, 1.82) is 0 Å². The summed E-state index contributed by atoms with van der Waals surface area (Å²) in [6.45, 7) is 3.57. The van der Waals surface area contributed by atoms with Crippen LogP contribution in [0, 0.1) is 40.4 Å². The highest BCUT2D eigenvalue weighted by Crippen LogP contribution is 2.72. The van der Waals surface area contributed by atoms with Crippen molar-refractivity contribution in [3.8, 4) is 0 Å². The zero-order valence-corrected chi connectivity index (χ0v) is 16.6. The fourth-order valence-electron chi connectivity index (χ4n) is 7.63. The van der Waals surface area contributed by atoms with E-state index < -0.39 is 16.4 Å². The molecular formula is C22H27ClO4. The number of allylic oxidation sites excluding steroid dienone is 3. The number of carbonyl (C=O) groups excluding carboxylic acids is 2. The molecule has 0 aromatic rings. The molecule has 0 unspecified atom stereocenters. The SMILES string of the molecule is CC(=O)[C@@]1(O)CC[C@H]2[C@@H]3C=C(Cl)C4=CC(=O)[C@@H]5C[C@@H]5[C@]4(CO)[C@H]3CC[C@@]21C. The summed E-state index contributed by atoms with van der Waals surface area (Å²) in [5.41, 5.74) is -1.33. The number of rotatable bonds is 2. The highest BCUT2D eigenvalue weighted by atomic mass is 35.5. The largest absolute Gasteiger partial charge is 0.395 e. The van der Waals surface area contributed by atoms with Crippen LogP contribution in [-0.2, 0) is 9.59 Å². The molecule has 8 atom stereocenters. The minimum Gasteiger partial charge on any atom is -0.395 e. The molecule has 0 spiro atoms. The molecule has 0 heterocycles. The van der Waals surface area contributed by atoms with Crippen LogP contribution >= 0.6 is 11.6 Å². The smallest absolute Gasteiger partial charge is 0.161 e. The van der Waals surface area contributed by atoms with Crippen molar-refractivity contribution in [2.45, 2.75) is 51.6 Å². The van der Waals surface area contributed by atoms with Crippen molar-refractivity contribution in [3.05, 3.63) is 22.8 Å². The first-order valence-electron chi connectivity index (χ1n) is 10.2. The molecule has 146 valence electrons. The van der Waals surface area contributed by atoms with Crippen LogP contribution in [0.15, 0.2) is 22.8 Å². The Morgan fingerprint density at radius 3 is 2.63 bits per heavy atom. The van der Waals surface area contributed by atoms with E-state index in [4.69, 9.17) is 11.6 Å². The molecule has 0 radical (unpaired) electrons.